The third kappa shape index (κ3) is 4.22. The number of alkyl halides is 3. The summed E-state index contributed by atoms with van der Waals surface area (Å²) in [5.41, 5.74) is 0.761. The zero-order chi connectivity index (χ0) is 24.6. The number of benzene rings is 3. The molecule has 35 heavy (non-hydrogen) atoms. The minimum atomic E-state index is -4.80. The van der Waals surface area contributed by atoms with Crippen molar-refractivity contribution in [2.45, 2.75) is 6.18 Å². The van der Waals surface area contributed by atoms with Crippen LogP contribution >= 0.6 is 0 Å². The molecule has 10 heteroatoms. The highest BCUT2D eigenvalue weighted by atomic mass is 19.4. The minimum absolute atomic E-state index is 0.184. The number of hydrogen-bond donors (Lipinski definition) is 1. The van der Waals surface area contributed by atoms with E-state index in [0.717, 1.165) is 6.20 Å². The summed E-state index contributed by atoms with van der Waals surface area (Å²) in [5.74, 6) is -0.644. The lowest BCUT2D eigenvalue weighted by molar-refractivity contribution is -0.143. The standard InChI is InChI=1S/C25H14F3N5O2/c26-25(27,28)22-19(14-30-33(22)18-4-2-1-3-5-18)23(34)31-17-9-7-16(8-10-17)24-32-20-12-15(13-29)6-11-21(20)35-24/h1-12,14H,(H,31,34). The second kappa shape index (κ2) is 8.46. The highest BCUT2D eigenvalue weighted by molar-refractivity contribution is 6.05. The number of aromatic nitrogens is 3. The number of carbonyl (C=O) groups is 1. The number of rotatable bonds is 4. The number of carbonyl (C=O) groups excluding carboxylic acids is 1. The Morgan fingerprint density at radius 1 is 1.03 bits per heavy atom. The van der Waals surface area contributed by atoms with Gasteiger partial charge in [-0.15, -0.1) is 0 Å². The van der Waals surface area contributed by atoms with Crippen LogP contribution in [0.25, 0.3) is 28.2 Å². The number of amides is 1. The maximum Gasteiger partial charge on any atom is 0.434 e. The van der Waals surface area contributed by atoms with Gasteiger partial charge in [-0.3, -0.25) is 4.79 Å². The fourth-order valence-corrected chi connectivity index (χ4v) is 3.57. The van der Waals surface area contributed by atoms with Gasteiger partial charge >= 0.3 is 6.18 Å². The van der Waals surface area contributed by atoms with Crippen molar-refractivity contribution in [1.29, 1.82) is 5.26 Å². The molecular weight excluding hydrogens is 459 g/mol. The lowest BCUT2D eigenvalue weighted by atomic mass is 10.2. The van der Waals surface area contributed by atoms with E-state index in [9.17, 15) is 18.0 Å². The summed E-state index contributed by atoms with van der Waals surface area (Å²) in [5, 5.41) is 15.3. The van der Waals surface area contributed by atoms with Gasteiger partial charge in [0.05, 0.1) is 29.1 Å². The number of nitriles is 1. The summed E-state index contributed by atoms with van der Waals surface area (Å²) in [6, 6.07) is 20.9. The van der Waals surface area contributed by atoms with Crippen molar-refractivity contribution in [1.82, 2.24) is 14.8 Å². The zero-order valence-corrected chi connectivity index (χ0v) is 17.7. The van der Waals surface area contributed by atoms with Crippen LogP contribution in [0.4, 0.5) is 18.9 Å². The molecule has 0 spiro atoms. The SMILES string of the molecule is N#Cc1ccc2oc(-c3ccc(NC(=O)c4cnn(-c5ccccc5)c4C(F)(F)F)cc3)nc2c1. The summed E-state index contributed by atoms with van der Waals surface area (Å²) in [4.78, 5) is 17.1. The molecule has 0 saturated heterocycles. The van der Waals surface area contributed by atoms with E-state index in [1.165, 1.54) is 24.3 Å². The smallest absolute Gasteiger partial charge is 0.434 e. The van der Waals surface area contributed by atoms with Crippen LogP contribution in [-0.4, -0.2) is 20.7 Å². The van der Waals surface area contributed by atoms with Gasteiger partial charge in [0, 0.05) is 11.3 Å². The second-order valence-electron chi connectivity index (χ2n) is 7.50. The predicted molar refractivity (Wildman–Crippen MR) is 121 cm³/mol. The fourth-order valence-electron chi connectivity index (χ4n) is 3.57. The number of para-hydroxylation sites is 1. The van der Waals surface area contributed by atoms with Crippen LogP contribution in [0.1, 0.15) is 21.6 Å². The monoisotopic (exact) mass is 473 g/mol. The average Bonchev–Trinajstić information content (AvgIpc) is 3.49. The summed E-state index contributed by atoms with van der Waals surface area (Å²) in [7, 11) is 0. The molecule has 0 unspecified atom stereocenters. The number of nitrogens with one attached hydrogen (secondary N) is 1. The van der Waals surface area contributed by atoms with Crippen molar-refractivity contribution in [2.24, 2.45) is 0 Å². The first kappa shape index (κ1) is 21.9. The molecule has 0 aliphatic carbocycles. The van der Waals surface area contributed by atoms with Crippen LogP contribution < -0.4 is 5.32 Å². The van der Waals surface area contributed by atoms with E-state index < -0.39 is 23.3 Å². The van der Waals surface area contributed by atoms with Gasteiger partial charge < -0.3 is 9.73 Å². The maximum absolute atomic E-state index is 13.8. The molecule has 2 heterocycles. The summed E-state index contributed by atoms with van der Waals surface area (Å²) < 4.78 is 47.9. The molecule has 1 amide bonds. The summed E-state index contributed by atoms with van der Waals surface area (Å²) in [6.45, 7) is 0. The maximum atomic E-state index is 13.8. The number of halogens is 3. The van der Waals surface area contributed by atoms with Crippen molar-refractivity contribution in [3.8, 4) is 23.2 Å². The fraction of sp³-hybridized carbons (Fsp3) is 0.0400. The van der Waals surface area contributed by atoms with Gasteiger partial charge in [-0.25, -0.2) is 9.67 Å². The largest absolute Gasteiger partial charge is 0.436 e. The Labute approximate surface area is 196 Å². The van der Waals surface area contributed by atoms with Crippen molar-refractivity contribution in [3.63, 3.8) is 0 Å². The quantitative estimate of drug-likeness (QED) is 0.355. The molecule has 0 aliphatic heterocycles. The summed E-state index contributed by atoms with van der Waals surface area (Å²) >= 11 is 0. The lowest BCUT2D eigenvalue weighted by Gasteiger charge is -2.13. The normalized spacial score (nSPS) is 11.4. The Bertz CT molecular complexity index is 1580. The molecule has 2 aromatic heterocycles. The van der Waals surface area contributed by atoms with Gasteiger partial charge in [0.15, 0.2) is 11.3 Å². The van der Waals surface area contributed by atoms with E-state index in [2.05, 4.69) is 15.4 Å². The van der Waals surface area contributed by atoms with Crippen LogP contribution in [0.2, 0.25) is 0 Å². The Morgan fingerprint density at radius 2 is 1.77 bits per heavy atom. The Balaban J connectivity index is 1.40. The molecule has 0 aliphatic rings. The van der Waals surface area contributed by atoms with E-state index in [4.69, 9.17) is 9.68 Å². The highest BCUT2D eigenvalue weighted by Gasteiger charge is 2.40. The first-order valence-corrected chi connectivity index (χ1v) is 10.3. The van der Waals surface area contributed by atoms with E-state index in [1.54, 1.807) is 48.5 Å². The van der Waals surface area contributed by atoms with Crippen LogP contribution in [0.3, 0.4) is 0 Å². The van der Waals surface area contributed by atoms with Gasteiger partial charge in [-0.05, 0) is 54.6 Å². The molecule has 0 fully saturated rings. The lowest BCUT2D eigenvalue weighted by Crippen LogP contribution is -2.20. The minimum Gasteiger partial charge on any atom is -0.436 e. The average molecular weight is 473 g/mol. The Hall–Kier alpha value is -4.91. The van der Waals surface area contributed by atoms with E-state index >= 15 is 0 Å². The zero-order valence-electron chi connectivity index (χ0n) is 17.7. The van der Waals surface area contributed by atoms with Gasteiger partial charge in [-0.2, -0.15) is 23.5 Å². The van der Waals surface area contributed by atoms with Crippen molar-refractivity contribution >= 4 is 22.7 Å². The number of oxazole rings is 1. The van der Waals surface area contributed by atoms with Crippen LogP contribution in [0.15, 0.2) is 83.4 Å². The van der Waals surface area contributed by atoms with E-state index in [1.807, 2.05) is 6.07 Å². The molecule has 5 rings (SSSR count). The van der Waals surface area contributed by atoms with E-state index in [0.29, 0.717) is 32.8 Å². The first-order chi connectivity index (χ1) is 16.8. The second-order valence-corrected chi connectivity index (χ2v) is 7.50. The molecule has 7 nitrogen and oxygen atoms in total. The van der Waals surface area contributed by atoms with Crippen molar-refractivity contribution in [2.75, 3.05) is 5.32 Å². The molecule has 3 aromatic carbocycles. The van der Waals surface area contributed by atoms with Gasteiger partial charge in [0.25, 0.3) is 5.91 Å². The molecule has 0 saturated carbocycles. The third-order valence-corrected chi connectivity index (χ3v) is 5.19. The van der Waals surface area contributed by atoms with Crippen LogP contribution in [0.5, 0.6) is 0 Å². The Kier molecular flexibility index (Phi) is 5.30. The predicted octanol–water partition coefficient (Wildman–Crippen LogP) is 5.82. The van der Waals surface area contributed by atoms with Crippen molar-refractivity contribution in [3.05, 3.63) is 95.8 Å². The highest BCUT2D eigenvalue weighted by Crippen LogP contribution is 2.34. The molecule has 0 radical (unpaired) electrons. The first-order valence-electron chi connectivity index (χ1n) is 10.3. The molecular formula is C25H14F3N5O2. The number of fused-ring (bicyclic) bond motifs is 1. The van der Waals surface area contributed by atoms with Gasteiger partial charge in [0.1, 0.15) is 5.52 Å². The van der Waals surface area contributed by atoms with Gasteiger partial charge in [-0.1, -0.05) is 18.2 Å². The number of anilines is 1. The number of nitrogens with zero attached hydrogens (tertiary/aromatic N) is 4. The van der Waals surface area contributed by atoms with Crippen LogP contribution in [0, 0.1) is 11.3 Å². The topological polar surface area (TPSA) is 96.7 Å². The van der Waals surface area contributed by atoms with Gasteiger partial charge in [0.2, 0.25) is 5.89 Å². The molecule has 5 aromatic rings. The van der Waals surface area contributed by atoms with Crippen LogP contribution in [-0.2, 0) is 6.18 Å². The van der Waals surface area contributed by atoms with E-state index in [-0.39, 0.29) is 11.4 Å². The van der Waals surface area contributed by atoms with Crippen molar-refractivity contribution < 1.29 is 22.4 Å². The Morgan fingerprint density at radius 3 is 2.46 bits per heavy atom. The third-order valence-electron chi connectivity index (χ3n) is 5.19. The number of hydrogen-bond acceptors (Lipinski definition) is 5. The molecule has 0 atom stereocenters. The molecule has 0 bridgehead atoms. The molecule has 1 N–H and O–H groups in total. The molecule has 172 valence electrons. The summed E-state index contributed by atoms with van der Waals surface area (Å²) in [6.07, 6.45) is -3.91.